The molecule has 5 rings (SSSR count). The summed E-state index contributed by atoms with van der Waals surface area (Å²) in [6, 6.07) is 9.62. The summed E-state index contributed by atoms with van der Waals surface area (Å²) in [6.45, 7) is 11.1. The number of carbonyl (C=O) groups excluding carboxylic acids is 1. The molecule has 0 radical (unpaired) electrons. The Bertz CT molecular complexity index is 1210. The van der Waals surface area contributed by atoms with Crippen LogP contribution in [0.5, 0.6) is 11.6 Å². The number of aromatic nitrogens is 3. The van der Waals surface area contributed by atoms with Gasteiger partial charge in [-0.25, -0.2) is 19.7 Å². The van der Waals surface area contributed by atoms with E-state index in [1.807, 2.05) is 24.0 Å². The van der Waals surface area contributed by atoms with Gasteiger partial charge in [-0.2, -0.15) is 0 Å². The number of hydrogen-bond acceptors (Lipinski definition) is 7. The molecule has 2 aromatic heterocycles. The molecule has 2 aliphatic rings. The minimum Gasteiger partial charge on any atom is -0.493 e. The molecule has 216 valence electrons. The topological polar surface area (TPSA) is 92.7 Å². The van der Waals surface area contributed by atoms with Crippen molar-refractivity contribution in [2.45, 2.75) is 58.8 Å². The van der Waals surface area contributed by atoms with Crippen LogP contribution >= 0.6 is 0 Å². The highest BCUT2D eigenvalue weighted by Gasteiger charge is 2.26. The number of pyridine rings is 1. The van der Waals surface area contributed by atoms with E-state index in [1.54, 1.807) is 24.7 Å². The molecule has 0 bridgehead atoms. The second-order valence-corrected chi connectivity index (χ2v) is 10.7. The first kappa shape index (κ1) is 29.5. The SMILES string of the molecule is CCC.CCOc1ccc(NC(=O)N2CCC(c3ncnc4cc(OCC5CCN(C)CC5)ccc34)CC2)cn1. The van der Waals surface area contributed by atoms with Crippen molar-refractivity contribution in [3.63, 3.8) is 0 Å². The lowest BCUT2D eigenvalue weighted by Gasteiger charge is -2.32. The Morgan fingerprint density at radius 3 is 2.38 bits per heavy atom. The zero-order chi connectivity index (χ0) is 28.3. The molecule has 0 aliphatic carbocycles. The number of nitrogens with zero attached hydrogens (tertiary/aromatic N) is 5. The van der Waals surface area contributed by atoms with E-state index < -0.39 is 0 Å². The first-order valence-corrected chi connectivity index (χ1v) is 14.7. The van der Waals surface area contributed by atoms with Crippen molar-refractivity contribution in [2.24, 2.45) is 5.92 Å². The third kappa shape index (κ3) is 8.03. The number of amides is 2. The molecule has 0 spiro atoms. The molecule has 2 fully saturated rings. The van der Waals surface area contributed by atoms with Crippen LogP contribution in [0.2, 0.25) is 0 Å². The van der Waals surface area contributed by atoms with Crippen molar-refractivity contribution < 1.29 is 14.3 Å². The lowest BCUT2D eigenvalue weighted by atomic mass is 9.91. The Morgan fingerprint density at radius 1 is 0.950 bits per heavy atom. The fourth-order valence-corrected chi connectivity index (χ4v) is 5.16. The first-order chi connectivity index (χ1) is 19.5. The number of nitrogens with one attached hydrogen (secondary N) is 1. The maximum atomic E-state index is 12.8. The summed E-state index contributed by atoms with van der Waals surface area (Å²) in [5, 5.41) is 4.00. The number of benzene rings is 1. The van der Waals surface area contributed by atoms with Crippen molar-refractivity contribution >= 4 is 22.6 Å². The van der Waals surface area contributed by atoms with Crippen LogP contribution in [-0.2, 0) is 0 Å². The highest BCUT2D eigenvalue weighted by atomic mass is 16.5. The summed E-state index contributed by atoms with van der Waals surface area (Å²) < 4.78 is 11.5. The number of carbonyl (C=O) groups is 1. The molecular formula is C31H44N6O3. The molecule has 0 saturated carbocycles. The van der Waals surface area contributed by atoms with Gasteiger partial charge in [0.05, 0.1) is 36.3 Å². The molecule has 2 amide bonds. The van der Waals surface area contributed by atoms with Gasteiger partial charge in [-0.1, -0.05) is 20.3 Å². The van der Waals surface area contributed by atoms with Crippen LogP contribution in [0.1, 0.15) is 64.5 Å². The minimum atomic E-state index is -0.108. The molecule has 9 nitrogen and oxygen atoms in total. The lowest BCUT2D eigenvalue weighted by Crippen LogP contribution is -2.40. The van der Waals surface area contributed by atoms with Gasteiger partial charge >= 0.3 is 6.03 Å². The number of rotatable bonds is 7. The van der Waals surface area contributed by atoms with Crippen LogP contribution in [0.4, 0.5) is 10.5 Å². The molecule has 4 heterocycles. The highest BCUT2D eigenvalue weighted by molar-refractivity contribution is 5.89. The fourth-order valence-electron chi connectivity index (χ4n) is 5.16. The minimum absolute atomic E-state index is 0.108. The van der Waals surface area contributed by atoms with Gasteiger partial charge in [0.2, 0.25) is 5.88 Å². The molecule has 40 heavy (non-hydrogen) atoms. The Balaban J connectivity index is 0.00000118. The van der Waals surface area contributed by atoms with E-state index in [1.165, 1.54) is 19.3 Å². The second kappa shape index (κ2) is 14.8. The number of urea groups is 1. The summed E-state index contributed by atoms with van der Waals surface area (Å²) in [5.74, 6) is 2.31. The fraction of sp³-hybridized carbons (Fsp3) is 0.548. The van der Waals surface area contributed by atoms with Gasteiger partial charge < -0.3 is 24.6 Å². The van der Waals surface area contributed by atoms with Gasteiger partial charge in [-0.05, 0) is 76.9 Å². The maximum absolute atomic E-state index is 12.8. The predicted octanol–water partition coefficient (Wildman–Crippen LogP) is 5.97. The number of piperidine rings is 2. The zero-order valence-electron chi connectivity index (χ0n) is 24.4. The third-order valence-corrected chi connectivity index (χ3v) is 7.41. The van der Waals surface area contributed by atoms with E-state index in [0.29, 0.717) is 37.2 Å². The van der Waals surface area contributed by atoms with E-state index in [0.717, 1.165) is 54.9 Å². The molecule has 2 saturated heterocycles. The van der Waals surface area contributed by atoms with Gasteiger partial charge in [0.15, 0.2) is 0 Å². The van der Waals surface area contributed by atoms with Crippen molar-refractivity contribution in [1.29, 1.82) is 0 Å². The number of likely N-dealkylation sites (tertiary alicyclic amines) is 2. The molecule has 1 aromatic carbocycles. The van der Waals surface area contributed by atoms with Crippen molar-refractivity contribution in [3.05, 3.63) is 48.5 Å². The van der Waals surface area contributed by atoms with Crippen molar-refractivity contribution in [1.82, 2.24) is 24.8 Å². The highest BCUT2D eigenvalue weighted by Crippen LogP contribution is 2.32. The summed E-state index contributed by atoms with van der Waals surface area (Å²) in [5.41, 5.74) is 2.63. The molecule has 1 N–H and O–H groups in total. The van der Waals surface area contributed by atoms with E-state index >= 15 is 0 Å². The van der Waals surface area contributed by atoms with Crippen LogP contribution in [-0.4, -0.2) is 77.2 Å². The summed E-state index contributed by atoms with van der Waals surface area (Å²) in [6.07, 6.45) is 8.60. The Morgan fingerprint density at radius 2 is 1.70 bits per heavy atom. The Labute approximate surface area is 238 Å². The van der Waals surface area contributed by atoms with Crippen LogP contribution < -0.4 is 14.8 Å². The maximum Gasteiger partial charge on any atom is 0.321 e. The van der Waals surface area contributed by atoms with Crippen LogP contribution in [0.25, 0.3) is 10.9 Å². The quantitative estimate of drug-likeness (QED) is 0.389. The first-order valence-electron chi connectivity index (χ1n) is 14.7. The van der Waals surface area contributed by atoms with Gasteiger partial charge in [0.1, 0.15) is 12.1 Å². The molecule has 3 aromatic rings. The van der Waals surface area contributed by atoms with Gasteiger partial charge in [0.25, 0.3) is 0 Å². The second-order valence-electron chi connectivity index (χ2n) is 10.7. The van der Waals surface area contributed by atoms with Crippen molar-refractivity contribution in [2.75, 3.05) is 51.8 Å². The molecule has 0 atom stereocenters. The molecule has 2 aliphatic heterocycles. The van der Waals surface area contributed by atoms with Crippen LogP contribution in [0.15, 0.2) is 42.9 Å². The standard InChI is InChI=1S/C28H36N6O3.C3H8/c1-3-36-26-7-4-22(17-29-26)32-28(35)34-14-10-21(11-15-34)27-24-6-5-23(16-25(24)30-19-31-27)37-18-20-8-12-33(2)13-9-20;1-3-2/h4-7,16-17,19-21H,3,8-15,18H2,1-2H3,(H,32,35);3H2,1-2H3. The molecule has 0 unspecified atom stereocenters. The lowest BCUT2D eigenvalue weighted by molar-refractivity contribution is 0.160. The summed E-state index contributed by atoms with van der Waals surface area (Å²) in [4.78, 5) is 30.4. The van der Waals surface area contributed by atoms with Crippen molar-refractivity contribution in [3.8, 4) is 11.6 Å². The number of hydrogen-bond donors (Lipinski definition) is 1. The Kier molecular flexibility index (Phi) is 10.9. The number of anilines is 1. The van der Waals surface area contributed by atoms with Gasteiger partial charge in [-0.3, -0.25) is 0 Å². The average Bonchev–Trinajstić information content (AvgIpc) is 2.98. The number of fused-ring (bicyclic) bond motifs is 1. The normalized spacial score (nSPS) is 16.8. The monoisotopic (exact) mass is 548 g/mol. The molecule has 9 heteroatoms. The average molecular weight is 549 g/mol. The predicted molar refractivity (Wildman–Crippen MR) is 159 cm³/mol. The van der Waals surface area contributed by atoms with E-state index in [-0.39, 0.29) is 11.9 Å². The third-order valence-electron chi connectivity index (χ3n) is 7.41. The van der Waals surface area contributed by atoms with E-state index in [4.69, 9.17) is 9.47 Å². The van der Waals surface area contributed by atoms with E-state index in [2.05, 4.69) is 52.1 Å². The van der Waals surface area contributed by atoms with Crippen LogP contribution in [0, 0.1) is 5.92 Å². The van der Waals surface area contributed by atoms with Gasteiger partial charge in [-0.15, -0.1) is 0 Å². The summed E-state index contributed by atoms with van der Waals surface area (Å²) in [7, 11) is 2.18. The zero-order valence-corrected chi connectivity index (χ0v) is 24.4. The molecular weight excluding hydrogens is 504 g/mol. The van der Waals surface area contributed by atoms with Crippen LogP contribution in [0.3, 0.4) is 0 Å². The van der Waals surface area contributed by atoms with Gasteiger partial charge in [0, 0.05) is 36.5 Å². The number of ether oxygens (including phenoxy) is 2. The Hall–Kier alpha value is -3.46. The largest absolute Gasteiger partial charge is 0.493 e. The smallest absolute Gasteiger partial charge is 0.321 e. The summed E-state index contributed by atoms with van der Waals surface area (Å²) >= 11 is 0. The van der Waals surface area contributed by atoms with E-state index in [9.17, 15) is 4.79 Å².